The molecule has 2 N–H and O–H groups in total. The maximum atomic E-state index is 12.2. The fraction of sp³-hybridized carbons (Fsp3) is 0.333. The van der Waals surface area contributed by atoms with Crippen LogP contribution in [0.15, 0.2) is 12.4 Å². The van der Waals surface area contributed by atoms with Gasteiger partial charge in [0.1, 0.15) is 5.82 Å². The molecule has 0 fully saturated rings. The Hall–Kier alpha value is -0.740. The Labute approximate surface area is 70.3 Å². The maximum absolute atomic E-state index is 12.2. The highest BCUT2D eigenvalue weighted by atomic mass is 35.5. The van der Waals surface area contributed by atoms with E-state index in [9.17, 15) is 4.39 Å². The highest BCUT2D eigenvalue weighted by Gasteiger charge is 2.00. The van der Waals surface area contributed by atoms with Crippen LogP contribution in [0.4, 0.5) is 4.39 Å². The Balaban J connectivity index is 0.000001000. The number of nitrogens with two attached hydrogens (primary N) is 1. The Morgan fingerprint density at radius 3 is 2.27 bits per heavy atom. The predicted molar refractivity (Wildman–Crippen MR) is 41.8 cm³/mol. The van der Waals surface area contributed by atoms with Crippen molar-refractivity contribution in [1.82, 2.24) is 9.97 Å². The van der Waals surface area contributed by atoms with Gasteiger partial charge < -0.3 is 5.73 Å². The summed E-state index contributed by atoms with van der Waals surface area (Å²) in [5, 5.41) is 0. The Kier molecular flexibility index (Phi) is 3.92. The normalized spacial score (nSPS) is 11.9. The van der Waals surface area contributed by atoms with Gasteiger partial charge >= 0.3 is 0 Å². The lowest BCUT2D eigenvalue weighted by atomic mass is 10.3. The molecule has 0 spiro atoms. The van der Waals surface area contributed by atoms with Crippen molar-refractivity contribution >= 4 is 12.4 Å². The number of aromatic nitrogens is 2. The molecule has 0 saturated carbocycles. The van der Waals surface area contributed by atoms with Crippen LogP contribution >= 0.6 is 12.4 Å². The SMILES string of the molecule is CC(N)c1ncc(F)cn1.Cl. The van der Waals surface area contributed by atoms with E-state index in [4.69, 9.17) is 5.73 Å². The number of hydrogen-bond donors (Lipinski definition) is 1. The molecule has 0 aliphatic rings. The maximum Gasteiger partial charge on any atom is 0.159 e. The molecule has 1 unspecified atom stereocenters. The Morgan fingerprint density at radius 1 is 1.45 bits per heavy atom. The Bertz CT molecular complexity index is 212. The smallest absolute Gasteiger partial charge is 0.159 e. The molecule has 0 saturated heterocycles. The van der Waals surface area contributed by atoms with Crippen LogP contribution in [-0.2, 0) is 0 Å². The van der Waals surface area contributed by atoms with Gasteiger partial charge in [-0.1, -0.05) is 0 Å². The molecule has 1 aromatic heterocycles. The van der Waals surface area contributed by atoms with Gasteiger partial charge in [-0.2, -0.15) is 0 Å². The molecule has 11 heavy (non-hydrogen) atoms. The van der Waals surface area contributed by atoms with E-state index in [2.05, 4.69) is 9.97 Å². The van der Waals surface area contributed by atoms with E-state index in [1.807, 2.05) is 0 Å². The molecule has 1 rings (SSSR count). The van der Waals surface area contributed by atoms with Gasteiger partial charge in [-0.25, -0.2) is 14.4 Å². The molecule has 0 aliphatic heterocycles. The third-order valence-electron chi connectivity index (χ3n) is 1.05. The van der Waals surface area contributed by atoms with E-state index in [1.165, 1.54) is 0 Å². The lowest BCUT2D eigenvalue weighted by molar-refractivity contribution is 0.602. The van der Waals surface area contributed by atoms with Crippen LogP contribution in [0.25, 0.3) is 0 Å². The largest absolute Gasteiger partial charge is 0.322 e. The molecule has 0 aliphatic carbocycles. The number of halogens is 2. The zero-order chi connectivity index (χ0) is 7.56. The Morgan fingerprint density at radius 2 is 1.91 bits per heavy atom. The molecule has 1 atom stereocenters. The molecule has 0 bridgehead atoms. The molecule has 0 amide bonds. The summed E-state index contributed by atoms with van der Waals surface area (Å²) in [5.41, 5.74) is 5.42. The summed E-state index contributed by atoms with van der Waals surface area (Å²) in [6.45, 7) is 1.74. The molecule has 3 nitrogen and oxygen atoms in total. The van der Waals surface area contributed by atoms with Crippen LogP contribution in [0, 0.1) is 5.82 Å². The number of hydrogen-bond acceptors (Lipinski definition) is 3. The van der Waals surface area contributed by atoms with Crippen LogP contribution in [-0.4, -0.2) is 9.97 Å². The molecule has 1 heterocycles. The highest BCUT2D eigenvalue weighted by molar-refractivity contribution is 5.85. The predicted octanol–water partition coefficient (Wildman–Crippen LogP) is 1.06. The molecular formula is C6H9ClFN3. The van der Waals surface area contributed by atoms with E-state index in [-0.39, 0.29) is 18.4 Å². The first-order valence-electron chi connectivity index (χ1n) is 2.93. The highest BCUT2D eigenvalue weighted by Crippen LogP contribution is 2.00. The summed E-state index contributed by atoms with van der Waals surface area (Å²) in [4.78, 5) is 7.33. The summed E-state index contributed by atoms with van der Waals surface area (Å²) in [6.07, 6.45) is 2.21. The van der Waals surface area contributed by atoms with Crippen LogP contribution < -0.4 is 5.73 Å². The minimum Gasteiger partial charge on any atom is -0.322 e. The minimum atomic E-state index is -0.440. The van der Waals surface area contributed by atoms with Crippen molar-refractivity contribution in [2.24, 2.45) is 5.73 Å². The van der Waals surface area contributed by atoms with Crippen molar-refractivity contribution in [2.75, 3.05) is 0 Å². The first-order chi connectivity index (χ1) is 4.70. The summed E-state index contributed by atoms with van der Waals surface area (Å²) in [5.74, 6) is 0.0193. The van der Waals surface area contributed by atoms with E-state index in [0.717, 1.165) is 12.4 Å². The van der Waals surface area contributed by atoms with Gasteiger partial charge in [-0.05, 0) is 6.92 Å². The summed E-state index contributed by atoms with van der Waals surface area (Å²) < 4.78 is 12.2. The summed E-state index contributed by atoms with van der Waals surface area (Å²) in [6, 6.07) is -0.236. The second-order valence-corrected chi connectivity index (χ2v) is 2.05. The first kappa shape index (κ1) is 10.3. The average molecular weight is 178 g/mol. The van der Waals surface area contributed by atoms with Crippen LogP contribution in [0.3, 0.4) is 0 Å². The third kappa shape index (κ3) is 2.78. The second kappa shape index (κ2) is 4.20. The lowest BCUT2D eigenvalue weighted by Crippen LogP contribution is -2.09. The lowest BCUT2D eigenvalue weighted by Gasteiger charge is -2.00. The minimum absolute atomic E-state index is 0. The fourth-order valence-corrected chi connectivity index (χ4v) is 0.557. The molecule has 5 heteroatoms. The van der Waals surface area contributed by atoms with Gasteiger partial charge in [0.25, 0.3) is 0 Å². The van der Waals surface area contributed by atoms with Crippen LogP contribution in [0.5, 0.6) is 0 Å². The van der Waals surface area contributed by atoms with Crippen molar-refractivity contribution in [3.8, 4) is 0 Å². The standard InChI is InChI=1S/C6H8FN3.ClH/c1-4(8)6-9-2-5(7)3-10-6;/h2-4H,8H2,1H3;1H. The summed E-state index contributed by atoms with van der Waals surface area (Å²) in [7, 11) is 0. The monoisotopic (exact) mass is 177 g/mol. The van der Waals surface area contributed by atoms with E-state index < -0.39 is 5.82 Å². The zero-order valence-electron chi connectivity index (χ0n) is 5.99. The van der Waals surface area contributed by atoms with Gasteiger partial charge in [-0.15, -0.1) is 12.4 Å². The number of rotatable bonds is 1. The average Bonchev–Trinajstić information content (AvgIpc) is 1.88. The van der Waals surface area contributed by atoms with Crippen LogP contribution in [0.2, 0.25) is 0 Å². The van der Waals surface area contributed by atoms with E-state index >= 15 is 0 Å². The van der Waals surface area contributed by atoms with Crippen molar-refractivity contribution in [3.63, 3.8) is 0 Å². The quantitative estimate of drug-likeness (QED) is 0.698. The van der Waals surface area contributed by atoms with Crippen molar-refractivity contribution in [3.05, 3.63) is 24.0 Å². The van der Waals surface area contributed by atoms with Gasteiger partial charge in [0.15, 0.2) is 5.82 Å². The number of nitrogens with zero attached hydrogens (tertiary/aromatic N) is 2. The van der Waals surface area contributed by atoms with E-state index in [0.29, 0.717) is 5.82 Å². The van der Waals surface area contributed by atoms with Crippen molar-refractivity contribution in [1.29, 1.82) is 0 Å². The zero-order valence-corrected chi connectivity index (χ0v) is 6.81. The molecule has 0 radical (unpaired) electrons. The third-order valence-corrected chi connectivity index (χ3v) is 1.05. The van der Waals surface area contributed by atoms with Crippen molar-refractivity contribution < 1.29 is 4.39 Å². The van der Waals surface area contributed by atoms with Crippen molar-refractivity contribution in [2.45, 2.75) is 13.0 Å². The molecule has 1 aromatic rings. The van der Waals surface area contributed by atoms with Gasteiger partial charge in [0.2, 0.25) is 0 Å². The second-order valence-electron chi connectivity index (χ2n) is 2.05. The molecular weight excluding hydrogens is 169 g/mol. The summed E-state index contributed by atoms with van der Waals surface area (Å²) >= 11 is 0. The first-order valence-corrected chi connectivity index (χ1v) is 2.93. The van der Waals surface area contributed by atoms with Crippen LogP contribution in [0.1, 0.15) is 18.8 Å². The van der Waals surface area contributed by atoms with Gasteiger partial charge in [0.05, 0.1) is 18.4 Å². The molecule has 0 aromatic carbocycles. The molecule has 62 valence electrons. The fourth-order valence-electron chi connectivity index (χ4n) is 0.557. The topological polar surface area (TPSA) is 51.8 Å². The van der Waals surface area contributed by atoms with E-state index in [1.54, 1.807) is 6.92 Å². The van der Waals surface area contributed by atoms with Gasteiger partial charge in [-0.3, -0.25) is 0 Å². The van der Waals surface area contributed by atoms with Gasteiger partial charge in [0, 0.05) is 0 Å².